The molecule has 0 aromatic heterocycles. The molecule has 3 aliphatic rings. The summed E-state index contributed by atoms with van der Waals surface area (Å²) in [7, 11) is 0. The van der Waals surface area contributed by atoms with E-state index in [1.54, 1.807) is 30.3 Å². The summed E-state index contributed by atoms with van der Waals surface area (Å²) in [5.74, 6) is -8.00. The first-order chi connectivity index (χ1) is 19.3. The number of fused-ring (bicyclic) bond motifs is 3. The number of rotatable bonds is 5. The van der Waals surface area contributed by atoms with E-state index in [0.29, 0.717) is 22.4 Å². The number of anilines is 1. The van der Waals surface area contributed by atoms with Crippen molar-refractivity contribution >= 4 is 40.8 Å². The maximum atomic E-state index is 13.6. The second-order valence-electron chi connectivity index (χ2n) is 10.3. The van der Waals surface area contributed by atoms with Gasteiger partial charge in [0.25, 0.3) is 11.8 Å². The maximum absolute atomic E-state index is 13.6. The fourth-order valence-corrected chi connectivity index (χ4v) is 5.99. The van der Waals surface area contributed by atoms with Gasteiger partial charge < -0.3 is 36.2 Å². The van der Waals surface area contributed by atoms with Gasteiger partial charge in [0.05, 0.1) is 5.56 Å². The van der Waals surface area contributed by atoms with Crippen molar-refractivity contribution in [3.05, 3.63) is 64.4 Å². The van der Waals surface area contributed by atoms with E-state index in [1.165, 1.54) is 13.0 Å². The number of ketones is 2. The van der Waals surface area contributed by atoms with Gasteiger partial charge >= 0.3 is 5.97 Å². The van der Waals surface area contributed by atoms with Gasteiger partial charge in [0, 0.05) is 30.5 Å². The number of primary amides is 1. The highest BCUT2D eigenvalue weighted by molar-refractivity contribution is 6.22. The van der Waals surface area contributed by atoms with Crippen molar-refractivity contribution in [3.8, 4) is 16.9 Å². The van der Waals surface area contributed by atoms with Gasteiger partial charge in [0.15, 0.2) is 18.0 Å². The number of ether oxygens (including phenoxy) is 1. The molecular weight excluding hydrogens is 536 g/mol. The fraction of sp³-hybridized carbons (Fsp3) is 0.276. The van der Waals surface area contributed by atoms with Crippen LogP contribution >= 0.6 is 0 Å². The molecule has 2 amide bonds. The molecule has 3 atom stereocenters. The minimum atomic E-state index is -2.63. The minimum absolute atomic E-state index is 0.0192. The van der Waals surface area contributed by atoms with E-state index in [2.05, 4.69) is 10.1 Å². The highest BCUT2D eigenvalue weighted by Gasteiger charge is 2.60. The molecule has 0 aliphatic heterocycles. The quantitative estimate of drug-likeness (QED) is 0.229. The molecule has 41 heavy (non-hydrogen) atoms. The molecule has 212 valence electrons. The summed E-state index contributed by atoms with van der Waals surface area (Å²) >= 11 is 0. The Morgan fingerprint density at radius 3 is 2.37 bits per heavy atom. The molecule has 2 aromatic rings. The second kappa shape index (κ2) is 9.89. The van der Waals surface area contributed by atoms with E-state index < -0.39 is 76.9 Å². The topological polar surface area (TPSA) is 214 Å². The number of aromatic hydroxyl groups is 1. The zero-order chi connectivity index (χ0) is 29.8. The zero-order valence-electron chi connectivity index (χ0n) is 21.8. The lowest BCUT2D eigenvalue weighted by molar-refractivity contribution is -0.147. The number of amides is 2. The van der Waals surface area contributed by atoms with Crippen molar-refractivity contribution < 1.29 is 49.1 Å². The van der Waals surface area contributed by atoms with E-state index in [4.69, 9.17) is 5.73 Å². The predicted molar refractivity (Wildman–Crippen MR) is 142 cm³/mol. The fourth-order valence-electron chi connectivity index (χ4n) is 5.99. The molecule has 0 spiro atoms. The third kappa shape index (κ3) is 4.42. The number of aliphatic hydroxyl groups is 3. The van der Waals surface area contributed by atoms with Crippen LogP contribution in [-0.2, 0) is 35.1 Å². The van der Waals surface area contributed by atoms with Gasteiger partial charge in [-0.15, -0.1) is 0 Å². The normalized spacial score (nSPS) is 23.4. The van der Waals surface area contributed by atoms with Crippen molar-refractivity contribution in [2.45, 2.75) is 31.8 Å². The first-order valence-electron chi connectivity index (χ1n) is 12.7. The van der Waals surface area contributed by atoms with Crippen LogP contribution in [0, 0.1) is 11.8 Å². The maximum Gasteiger partial charge on any atom is 0.303 e. The van der Waals surface area contributed by atoms with Crippen LogP contribution in [0.2, 0.25) is 0 Å². The molecule has 1 fully saturated rings. The first kappa shape index (κ1) is 27.6. The minimum Gasteiger partial charge on any atom is -0.508 e. The number of aliphatic hydroxyl groups excluding tert-OH is 2. The van der Waals surface area contributed by atoms with Gasteiger partial charge in [-0.3, -0.25) is 24.0 Å². The summed E-state index contributed by atoms with van der Waals surface area (Å²) in [6.45, 7) is 0.755. The Hall–Kier alpha value is -4.97. The number of esters is 1. The van der Waals surface area contributed by atoms with Crippen LogP contribution < -0.4 is 11.1 Å². The Morgan fingerprint density at radius 2 is 1.73 bits per heavy atom. The molecule has 0 saturated heterocycles. The third-order valence-corrected chi connectivity index (χ3v) is 7.83. The zero-order valence-corrected chi connectivity index (χ0v) is 21.8. The standard InChI is InChI=1S/C29H26N2O10/c1-12(32)41-11-21(35)31-16-4-2-13(3-5-16)17-6-7-19(33)23-18(17)9-14-8-15-10-20(34)24(28(30)39)27(38)29(15,40)26(37)22(14)25(23)36/h2-7,14-15,33,36,38,40H,8-11H2,1H3,(H2,30,39)(H,31,35). The number of hydrogen-bond donors (Lipinski definition) is 6. The molecule has 12 nitrogen and oxygen atoms in total. The van der Waals surface area contributed by atoms with Crippen LogP contribution in [0.25, 0.3) is 16.9 Å². The Morgan fingerprint density at radius 1 is 1.05 bits per heavy atom. The van der Waals surface area contributed by atoms with Crippen LogP contribution in [0.5, 0.6) is 5.75 Å². The molecule has 3 unspecified atom stereocenters. The number of phenols is 1. The summed E-state index contributed by atoms with van der Waals surface area (Å²) in [5.41, 5.74) is 3.73. The summed E-state index contributed by atoms with van der Waals surface area (Å²) in [5, 5.41) is 46.6. The first-order valence-corrected chi connectivity index (χ1v) is 12.7. The molecule has 2 aromatic carbocycles. The summed E-state index contributed by atoms with van der Waals surface area (Å²) < 4.78 is 4.67. The molecule has 1 saturated carbocycles. The Kier molecular flexibility index (Phi) is 6.66. The van der Waals surface area contributed by atoms with Gasteiger partial charge in [-0.2, -0.15) is 0 Å². The van der Waals surface area contributed by atoms with Crippen molar-refractivity contribution in [3.63, 3.8) is 0 Å². The second-order valence-corrected chi connectivity index (χ2v) is 10.3. The number of hydrogen-bond acceptors (Lipinski definition) is 10. The molecule has 0 radical (unpaired) electrons. The van der Waals surface area contributed by atoms with E-state index >= 15 is 0 Å². The van der Waals surface area contributed by atoms with Gasteiger partial charge in [0.1, 0.15) is 22.8 Å². The number of carbonyl (C=O) groups is 5. The largest absolute Gasteiger partial charge is 0.508 e. The van der Waals surface area contributed by atoms with Crippen LogP contribution in [0.15, 0.2) is 53.3 Å². The van der Waals surface area contributed by atoms with Crippen LogP contribution in [0.3, 0.4) is 0 Å². The smallest absolute Gasteiger partial charge is 0.303 e. The highest BCUT2D eigenvalue weighted by Crippen LogP contribution is 2.53. The number of Topliss-reactive ketones (excluding diaryl/α,β-unsaturated/α-hetero) is 2. The van der Waals surface area contributed by atoms with Crippen LogP contribution in [-0.4, -0.2) is 62.0 Å². The molecule has 12 heteroatoms. The van der Waals surface area contributed by atoms with E-state index in [0.717, 1.165) is 0 Å². The van der Waals surface area contributed by atoms with E-state index in [-0.39, 0.29) is 29.7 Å². The van der Waals surface area contributed by atoms with Crippen molar-refractivity contribution in [1.82, 2.24) is 0 Å². The third-order valence-electron chi connectivity index (χ3n) is 7.83. The lowest BCUT2D eigenvalue weighted by Gasteiger charge is -2.46. The number of phenolic OH excluding ortho intramolecular Hbond substituents is 1. The molecule has 0 bridgehead atoms. The summed E-state index contributed by atoms with van der Waals surface area (Å²) in [6.07, 6.45) is -0.232. The lowest BCUT2D eigenvalue weighted by atomic mass is 9.59. The predicted octanol–water partition coefficient (Wildman–Crippen LogP) is 1.59. The molecule has 7 N–H and O–H groups in total. The van der Waals surface area contributed by atoms with Crippen LogP contribution in [0.4, 0.5) is 5.69 Å². The Labute approximate surface area is 232 Å². The molecule has 0 heterocycles. The number of benzene rings is 2. The average Bonchev–Trinajstić information content (AvgIpc) is 2.90. The number of carbonyl (C=O) groups excluding carboxylic acids is 5. The Bertz CT molecular complexity index is 1600. The number of nitrogens with one attached hydrogen (secondary N) is 1. The van der Waals surface area contributed by atoms with Gasteiger partial charge in [-0.05, 0) is 53.6 Å². The molecule has 5 rings (SSSR count). The van der Waals surface area contributed by atoms with Gasteiger partial charge in [0.2, 0.25) is 5.78 Å². The van der Waals surface area contributed by atoms with Crippen molar-refractivity contribution in [2.24, 2.45) is 17.6 Å². The van der Waals surface area contributed by atoms with Gasteiger partial charge in [-0.1, -0.05) is 18.2 Å². The number of nitrogens with two attached hydrogens (primary N) is 1. The average molecular weight is 563 g/mol. The van der Waals surface area contributed by atoms with Crippen molar-refractivity contribution in [2.75, 3.05) is 11.9 Å². The van der Waals surface area contributed by atoms with E-state index in [9.17, 15) is 44.4 Å². The monoisotopic (exact) mass is 562 g/mol. The van der Waals surface area contributed by atoms with Crippen LogP contribution in [0.1, 0.15) is 30.9 Å². The Balaban J connectivity index is 1.53. The van der Waals surface area contributed by atoms with Crippen molar-refractivity contribution in [1.29, 1.82) is 0 Å². The molecular formula is C29H26N2O10. The summed E-state index contributed by atoms with van der Waals surface area (Å²) in [4.78, 5) is 60.8. The SMILES string of the molecule is CC(=O)OCC(=O)Nc1ccc(-c2ccc(O)c3c2CC2CC4CC(=O)C(C(N)=O)=C(O)C4(O)C(=O)C2=C3O)cc1. The van der Waals surface area contributed by atoms with Gasteiger partial charge in [-0.25, -0.2) is 0 Å². The lowest BCUT2D eigenvalue weighted by Crippen LogP contribution is -2.58. The highest BCUT2D eigenvalue weighted by atomic mass is 16.5. The summed E-state index contributed by atoms with van der Waals surface area (Å²) in [6, 6.07) is 9.61. The molecule has 3 aliphatic carbocycles. The van der Waals surface area contributed by atoms with E-state index in [1.807, 2.05) is 0 Å².